The third-order valence-corrected chi connectivity index (χ3v) is 2.22. The van der Waals surface area contributed by atoms with Crippen LogP contribution in [-0.2, 0) is 0 Å². The van der Waals surface area contributed by atoms with Gasteiger partial charge in [-0.1, -0.05) is 24.3 Å². The van der Waals surface area contributed by atoms with Gasteiger partial charge in [-0.15, -0.1) is 9.24 Å². The molecule has 12 heavy (non-hydrogen) atoms. The summed E-state index contributed by atoms with van der Waals surface area (Å²) in [6.07, 6.45) is 3.18. The summed E-state index contributed by atoms with van der Waals surface area (Å²) < 4.78 is 5.49. The highest BCUT2D eigenvalue weighted by molar-refractivity contribution is 7.16. The first-order valence-corrected chi connectivity index (χ1v) is 4.85. The Morgan fingerprint density at radius 1 is 1.42 bits per heavy atom. The molecule has 0 bridgehead atoms. The molecule has 2 heteroatoms. The average Bonchev–Trinajstić information content (AvgIpc) is 2.50. The van der Waals surface area contributed by atoms with Crippen LogP contribution in [0.4, 0.5) is 0 Å². The van der Waals surface area contributed by atoms with Gasteiger partial charge < -0.3 is 4.74 Å². The molecule has 0 aliphatic carbocycles. The van der Waals surface area contributed by atoms with E-state index >= 15 is 0 Å². The van der Waals surface area contributed by atoms with E-state index in [1.54, 1.807) is 0 Å². The van der Waals surface area contributed by atoms with Gasteiger partial charge in [0, 0.05) is 5.56 Å². The monoisotopic (exact) mass is 178 g/mol. The van der Waals surface area contributed by atoms with Crippen molar-refractivity contribution in [2.45, 2.75) is 0 Å². The van der Waals surface area contributed by atoms with E-state index in [-0.39, 0.29) is 0 Å². The zero-order valence-electron chi connectivity index (χ0n) is 6.79. The van der Waals surface area contributed by atoms with Gasteiger partial charge in [-0.2, -0.15) is 0 Å². The molecule has 1 heterocycles. The van der Waals surface area contributed by atoms with Gasteiger partial charge >= 0.3 is 0 Å². The normalized spacial score (nSPS) is 17.6. The van der Waals surface area contributed by atoms with Crippen molar-refractivity contribution in [3.05, 3.63) is 35.9 Å². The zero-order valence-corrected chi connectivity index (χ0v) is 7.94. The lowest BCUT2D eigenvalue weighted by Gasteiger charge is -1.94. The molecule has 1 atom stereocenters. The minimum atomic E-state index is 0.730. The van der Waals surface area contributed by atoms with E-state index in [2.05, 4.69) is 21.4 Å². The molecule has 62 valence electrons. The first-order valence-electron chi connectivity index (χ1n) is 4.03. The lowest BCUT2D eigenvalue weighted by molar-refractivity contribution is 0.388. The minimum Gasteiger partial charge on any atom is -0.488 e. The van der Waals surface area contributed by atoms with Crippen LogP contribution in [0.1, 0.15) is 5.56 Å². The smallest absolute Gasteiger partial charge is 0.127 e. The summed E-state index contributed by atoms with van der Waals surface area (Å²) in [5, 5.41) is 0. The molecule has 0 saturated heterocycles. The lowest BCUT2D eigenvalue weighted by atomic mass is 10.1. The fraction of sp³-hybridized carbons (Fsp3) is 0.200. The van der Waals surface area contributed by atoms with Crippen molar-refractivity contribution in [3.8, 4) is 5.75 Å². The van der Waals surface area contributed by atoms with Crippen LogP contribution in [0.15, 0.2) is 30.3 Å². The summed E-state index contributed by atoms with van der Waals surface area (Å²) in [6.45, 7) is 0.730. The van der Waals surface area contributed by atoms with E-state index < -0.39 is 0 Å². The maximum atomic E-state index is 5.49. The van der Waals surface area contributed by atoms with Crippen LogP contribution in [0.3, 0.4) is 0 Å². The van der Waals surface area contributed by atoms with E-state index in [1.165, 1.54) is 11.1 Å². The predicted octanol–water partition coefficient (Wildman–Crippen LogP) is 2.34. The summed E-state index contributed by atoms with van der Waals surface area (Å²) in [4.78, 5) is 0. The summed E-state index contributed by atoms with van der Waals surface area (Å²) in [5.74, 6) is 1.02. The Labute approximate surface area is 74.6 Å². The Hall–Kier alpha value is -0.810. The number of ether oxygens (including phenoxy) is 1. The van der Waals surface area contributed by atoms with Gasteiger partial charge in [-0.25, -0.2) is 0 Å². The van der Waals surface area contributed by atoms with Crippen LogP contribution in [-0.4, -0.2) is 12.8 Å². The van der Waals surface area contributed by atoms with Gasteiger partial charge in [-0.05, 0) is 17.8 Å². The molecule has 0 saturated carbocycles. The quantitative estimate of drug-likeness (QED) is 0.600. The van der Waals surface area contributed by atoms with Gasteiger partial charge in [-0.3, -0.25) is 0 Å². The van der Waals surface area contributed by atoms with Crippen LogP contribution in [0.5, 0.6) is 5.75 Å². The van der Waals surface area contributed by atoms with Crippen molar-refractivity contribution in [3.63, 3.8) is 0 Å². The van der Waals surface area contributed by atoms with Crippen molar-refractivity contribution in [2.24, 2.45) is 0 Å². The maximum Gasteiger partial charge on any atom is 0.127 e. The highest BCUT2D eigenvalue weighted by atomic mass is 31.0. The van der Waals surface area contributed by atoms with E-state index in [0.29, 0.717) is 0 Å². The van der Waals surface area contributed by atoms with Crippen LogP contribution in [0.2, 0.25) is 0 Å². The Bertz CT molecular complexity index is 317. The Kier molecular flexibility index (Phi) is 2.14. The molecule has 1 unspecified atom stereocenters. The molecule has 1 aliphatic rings. The molecular weight excluding hydrogens is 167 g/mol. The second kappa shape index (κ2) is 3.28. The Balaban J connectivity index is 2.43. The van der Waals surface area contributed by atoms with Gasteiger partial charge in [0.25, 0.3) is 0 Å². The third kappa shape index (κ3) is 1.25. The summed E-state index contributed by atoms with van der Waals surface area (Å²) in [7, 11) is 2.69. The van der Waals surface area contributed by atoms with Crippen molar-refractivity contribution < 1.29 is 4.74 Å². The van der Waals surface area contributed by atoms with Crippen molar-refractivity contribution in [1.82, 2.24) is 0 Å². The van der Waals surface area contributed by atoms with Crippen molar-refractivity contribution in [1.29, 1.82) is 0 Å². The Morgan fingerprint density at radius 3 is 3.08 bits per heavy atom. The van der Waals surface area contributed by atoms with E-state index in [4.69, 9.17) is 4.74 Å². The molecule has 0 radical (unpaired) electrons. The fourth-order valence-electron chi connectivity index (χ4n) is 1.40. The molecule has 0 N–H and O–H groups in total. The van der Waals surface area contributed by atoms with E-state index in [0.717, 1.165) is 18.5 Å². The molecule has 1 aliphatic heterocycles. The topological polar surface area (TPSA) is 9.23 Å². The molecule has 2 rings (SSSR count). The van der Waals surface area contributed by atoms with Crippen LogP contribution < -0.4 is 4.74 Å². The SMILES string of the molecule is PC/C=C1\COc2ccccc21. The highest BCUT2D eigenvalue weighted by Gasteiger charge is 2.15. The average molecular weight is 178 g/mol. The van der Waals surface area contributed by atoms with Crippen LogP contribution in [0, 0.1) is 0 Å². The lowest BCUT2D eigenvalue weighted by Crippen LogP contribution is -1.87. The van der Waals surface area contributed by atoms with Crippen molar-refractivity contribution in [2.75, 3.05) is 12.8 Å². The number of benzene rings is 1. The van der Waals surface area contributed by atoms with Gasteiger partial charge in [0.1, 0.15) is 12.4 Å². The maximum absolute atomic E-state index is 5.49. The number of hydrogen-bond acceptors (Lipinski definition) is 1. The number of para-hydroxylation sites is 1. The summed E-state index contributed by atoms with van der Waals surface area (Å²) in [5.41, 5.74) is 2.56. The first kappa shape index (κ1) is 7.82. The molecular formula is C10H11OP. The van der Waals surface area contributed by atoms with Gasteiger partial charge in [0.15, 0.2) is 0 Å². The number of rotatable bonds is 1. The summed E-state index contributed by atoms with van der Waals surface area (Å²) in [6, 6.07) is 8.17. The molecule has 0 amide bonds. The molecule has 1 aromatic carbocycles. The standard InChI is InChI=1S/C10H11OP/c12-6-5-8-7-11-10-4-2-1-3-9(8)10/h1-5H,6-7,12H2/b8-5+. The molecule has 0 spiro atoms. The van der Waals surface area contributed by atoms with E-state index in [1.807, 2.05) is 18.2 Å². The van der Waals surface area contributed by atoms with Crippen LogP contribution >= 0.6 is 9.24 Å². The van der Waals surface area contributed by atoms with E-state index in [9.17, 15) is 0 Å². The predicted molar refractivity (Wildman–Crippen MR) is 54.5 cm³/mol. The van der Waals surface area contributed by atoms with Crippen molar-refractivity contribution >= 4 is 14.8 Å². The number of fused-ring (bicyclic) bond motifs is 1. The fourth-order valence-corrected chi connectivity index (χ4v) is 1.69. The number of allylic oxidation sites excluding steroid dienone is 1. The Morgan fingerprint density at radius 2 is 2.25 bits per heavy atom. The molecule has 1 aromatic rings. The molecule has 0 fully saturated rings. The largest absolute Gasteiger partial charge is 0.488 e. The third-order valence-electron chi connectivity index (χ3n) is 1.98. The number of hydrogen-bond donors (Lipinski definition) is 0. The zero-order chi connectivity index (χ0) is 8.39. The highest BCUT2D eigenvalue weighted by Crippen LogP contribution is 2.32. The molecule has 0 aromatic heterocycles. The second-order valence-corrected chi connectivity index (χ2v) is 3.22. The first-order chi connectivity index (χ1) is 5.92. The molecule has 1 nitrogen and oxygen atoms in total. The minimum absolute atomic E-state index is 0.730. The van der Waals surface area contributed by atoms with Gasteiger partial charge in [0.2, 0.25) is 0 Å². The summed E-state index contributed by atoms with van der Waals surface area (Å²) >= 11 is 0. The van der Waals surface area contributed by atoms with Gasteiger partial charge in [0.05, 0.1) is 0 Å². The van der Waals surface area contributed by atoms with Crippen LogP contribution in [0.25, 0.3) is 5.57 Å². The second-order valence-electron chi connectivity index (χ2n) is 2.75.